The zero-order valence-electron chi connectivity index (χ0n) is 21.1. The molecule has 188 valence electrons. The molecule has 1 atom stereocenters. The van der Waals surface area contributed by atoms with E-state index in [4.69, 9.17) is 0 Å². The fourth-order valence-corrected chi connectivity index (χ4v) is 3.78. The van der Waals surface area contributed by atoms with Crippen LogP contribution in [0.2, 0.25) is 0 Å². The standard InChI is InChI=1S/C30H41N3O2/c1-2-3-4-5-6-7-8-9-10-11-12-13-14-15-16-17-18-21-29(34)32-28-22-24-33(26-28)30(35)27-20-19-23-31-25-27/h3-4,6-7,9-10,12-13,15-16,19-20,23,25,28H,2,5,8,11,14,17-18,21-22,24,26H2,1H3,(H,32,34)/b4-3-,7-6-,10-9-,13-12-,16-15-/t28-/m0/s1. The van der Waals surface area contributed by atoms with Gasteiger partial charge in [-0.25, -0.2) is 0 Å². The summed E-state index contributed by atoms with van der Waals surface area (Å²) in [7, 11) is 0. The van der Waals surface area contributed by atoms with Crippen LogP contribution in [0.4, 0.5) is 0 Å². The van der Waals surface area contributed by atoms with Crippen molar-refractivity contribution in [2.45, 2.75) is 70.8 Å². The Hall–Kier alpha value is -3.21. The minimum atomic E-state index is -0.0201. The first-order valence-corrected chi connectivity index (χ1v) is 12.9. The van der Waals surface area contributed by atoms with Gasteiger partial charge >= 0.3 is 0 Å². The summed E-state index contributed by atoms with van der Waals surface area (Å²) >= 11 is 0. The Balaban J connectivity index is 1.47. The van der Waals surface area contributed by atoms with Gasteiger partial charge in [0.2, 0.25) is 5.91 Å². The van der Waals surface area contributed by atoms with Gasteiger partial charge in [-0.15, -0.1) is 0 Å². The second-order valence-electron chi connectivity index (χ2n) is 8.65. The van der Waals surface area contributed by atoms with E-state index in [2.05, 4.69) is 78.0 Å². The highest BCUT2D eigenvalue weighted by atomic mass is 16.2. The maximum atomic E-state index is 12.5. The van der Waals surface area contributed by atoms with Gasteiger partial charge in [0, 0.05) is 37.9 Å². The van der Waals surface area contributed by atoms with Crippen LogP contribution in [0, 0.1) is 0 Å². The zero-order chi connectivity index (χ0) is 25.0. The quantitative estimate of drug-likeness (QED) is 0.238. The van der Waals surface area contributed by atoms with Gasteiger partial charge in [-0.2, -0.15) is 0 Å². The number of aromatic nitrogens is 1. The van der Waals surface area contributed by atoms with Crippen LogP contribution in [0.25, 0.3) is 0 Å². The van der Waals surface area contributed by atoms with Gasteiger partial charge in [0.25, 0.3) is 5.91 Å². The van der Waals surface area contributed by atoms with Crippen LogP contribution in [0.5, 0.6) is 0 Å². The molecule has 1 aliphatic rings. The van der Waals surface area contributed by atoms with E-state index in [9.17, 15) is 9.59 Å². The van der Waals surface area contributed by atoms with Crippen molar-refractivity contribution in [1.29, 1.82) is 0 Å². The number of likely N-dealkylation sites (tertiary alicyclic amines) is 1. The van der Waals surface area contributed by atoms with Crippen molar-refractivity contribution in [3.05, 3.63) is 90.9 Å². The molecule has 0 spiro atoms. The lowest BCUT2D eigenvalue weighted by atomic mass is 10.2. The molecule has 0 radical (unpaired) electrons. The average Bonchev–Trinajstić information content (AvgIpc) is 3.34. The largest absolute Gasteiger partial charge is 0.352 e. The fourth-order valence-electron chi connectivity index (χ4n) is 3.78. The summed E-state index contributed by atoms with van der Waals surface area (Å²) in [4.78, 5) is 30.5. The molecule has 5 nitrogen and oxygen atoms in total. The highest BCUT2D eigenvalue weighted by Gasteiger charge is 2.27. The Morgan fingerprint density at radius 1 is 0.971 bits per heavy atom. The summed E-state index contributed by atoms with van der Waals surface area (Å²) in [6.45, 7) is 3.38. The number of carbonyl (C=O) groups is 2. The monoisotopic (exact) mass is 475 g/mol. The Morgan fingerprint density at radius 2 is 1.60 bits per heavy atom. The maximum absolute atomic E-state index is 12.5. The SMILES string of the molecule is CC/C=C\C/C=C\C/C=C\C/C=C\C/C=C\CCCC(=O)N[C@H]1CCN(C(=O)c2cccnc2)C1. The molecule has 1 aromatic rings. The lowest BCUT2D eigenvalue weighted by Gasteiger charge is -2.17. The Bertz CT molecular complexity index is 884. The highest BCUT2D eigenvalue weighted by Crippen LogP contribution is 2.13. The topological polar surface area (TPSA) is 62.3 Å². The van der Waals surface area contributed by atoms with Crippen molar-refractivity contribution in [2.75, 3.05) is 13.1 Å². The van der Waals surface area contributed by atoms with Gasteiger partial charge in [-0.05, 0) is 63.5 Å². The van der Waals surface area contributed by atoms with Crippen molar-refractivity contribution >= 4 is 11.8 Å². The van der Waals surface area contributed by atoms with Crippen molar-refractivity contribution in [3.63, 3.8) is 0 Å². The van der Waals surface area contributed by atoms with Crippen molar-refractivity contribution < 1.29 is 9.59 Å². The molecule has 1 N–H and O–H groups in total. The molecule has 0 aromatic carbocycles. The molecule has 0 saturated carbocycles. The van der Waals surface area contributed by atoms with Crippen LogP contribution in [0.15, 0.2) is 85.3 Å². The summed E-state index contributed by atoms with van der Waals surface area (Å²) in [6, 6.07) is 3.58. The molecule has 0 aliphatic carbocycles. The van der Waals surface area contributed by atoms with Gasteiger partial charge < -0.3 is 10.2 Å². The predicted octanol–water partition coefficient (Wildman–Crippen LogP) is 6.33. The minimum absolute atomic E-state index is 0.0201. The van der Waals surface area contributed by atoms with Gasteiger partial charge in [0.1, 0.15) is 0 Å². The minimum Gasteiger partial charge on any atom is -0.352 e. The summed E-state index contributed by atoms with van der Waals surface area (Å²) < 4.78 is 0. The fraction of sp³-hybridized carbons (Fsp3) is 0.433. The Kier molecular flexibility index (Phi) is 14.5. The van der Waals surface area contributed by atoms with Crippen LogP contribution >= 0.6 is 0 Å². The molecule has 5 heteroatoms. The molecule has 1 fully saturated rings. The van der Waals surface area contributed by atoms with E-state index in [-0.39, 0.29) is 17.9 Å². The molecule has 35 heavy (non-hydrogen) atoms. The third kappa shape index (κ3) is 12.7. The predicted molar refractivity (Wildman–Crippen MR) is 145 cm³/mol. The number of nitrogens with one attached hydrogen (secondary N) is 1. The van der Waals surface area contributed by atoms with E-state index >= 15 is 0 Å². The normalized spacial score (nSPS) is 16.6. The number of unbranched alkanes of at least 4 members (excludes halogenated alkanes) is 1. The van der Waals surface area contributed by atoms with Crippen molar-refractivity contribution in [3.8, 4) is 0 Å². The highest BCUT2D eigenvalue weighted by molar-refractivity contribution is 5.94. The van der Waals surface area contributed by atoms with E-state index in [0.29, 0.717) is 25.1 Å². The third-order valence-corrected chi connectivity index (χ3v) is 5.68. The molecule has 0 bridgehead atoms. The first-order valence-electron chi connectivity index (χ1n) is 12.9. The molecule has 1 aromatic heterocycles. The van der Waals surface area contributed by atoms with Crippen molar-refractivity contribution in [2.24, 2.45) is 0 Å². The van der Waals surface area contributed by atoms with Crippen molar-refractivity contribution in [1.82, 2.24) is 15.2 Å². The Labute approximate surface area is 211 Å². The summed E-state index contributed by atoms with van der Waals surface area (Å²) in [6.07, 6.45) is 33.2. The maximum Gasteiger partial charge on any atom is 0.255 e. The number of amides is 2. The zero-order valence-corrected chi connectivity index (χ0v) is 21.1. The summed E-state index contributed by atoms with van der Waals surface area (Å²) in [5.74, 6) is 0.0475. The number of allylic oxidation sites excluding steroid dienone is 10. The Morgan fingerprint density at radius 3 is 2.20 bits per heavy atom. The van der Waals surface area contributed by atoms with E-state index < -0.39 is 0 Å². The smallest absolute Gasteiger partial charge is 0.255 e. The van der Waals surface area contributed by atoms with Crippen LogP contribution in [0.3, 0.4) is 0 Å². The third-order valence-electron chi connectivity index (χ3n) is 5.68. The molecule has 2 heterocycles. The van der Waals surface area contributed by atoms with E-state index in [0.717, 1.165) is 51.4 Å². The average molecular weight is 476 g/mol. The number of nitrogens with zero attached hydrogens (tertiary/aromatic N) is 2. The van der Waals surface area contributed by atoms with Gasteiger partial charge in [0.15, 0.2) is 0 Å². The number of hydrogen-bond acceptors (Lipinski definition) is 3. The van der Waals surface area contributed by atoms with Crippen LogP contribution in [0.1, 0.15) is 75.1 Å². The molecule has 1 aliphatic heterocycles. The lowest BCUT2D eigenvalue weighted by molar-refractivity contribution is -0.121. The summed E-state index contributed by atoms with van der Waals surface area (Å²) in [5.41, 5.74) is 0.594. The number of carbonyl (C=O) groups excluding carboxylic acids is 2. The van der Waals surface area contributed by atoms with Crippen LogP contribution in [-0.2, 0) is 4.79 Å². The first kappa shape index (κ1) is 28.0. The summed E-state index contributed by atoms with van der Waals surface area (Å²) in [5, 5.41) is 3.07. The van der Waals surface area contributed by atoms with Crippen LogP contribution < -0.4 is 5.32 Å². The molecular weight excluding hydrogens is 434 g/mol. The number of hydrogen-bond donors (Lipinski definition) is 1. The lowest BCUT2D eigenvalue weighted by Crippen LogP contribution is -2.38. The molecule has 1 saturated heterocycles. The van der Waals surface area contributed by atoms with Gasteiger partial charge in [0.05, 0.1) is 5.56 Å². The van der Waals surface area contributed by atoms with Crippen LogP contribution in [-0.4, -0.2) is 40.8 Å². The number of pyridine rings is 1. The number of rotatable bonds is 15. The van der Waals surface area contributed by atoms with E-state index in [1.165, 1.54) is 0 Å². The van der Waals surface area contributed by atoms with Gasteiger partial charge in [-0.3, -0.25) is 14.6 Å². The molecule has 0 unspecified atom stereocenters. The molecule has 2 rings (SSSR count). The molecule has 2 amide bonds. The first-order chi connectivity index (χ1) is 17.2. The van der Waals surface area contributed by atoms with Gasteiger partial charge in [-0.1, -0.05) is 67.7 Å². The second-order valence-corrected chi connectivity index (χ2v) is 8.65. The van der Waals surface area contributed by atoms with E-state index in [1.807, 2.05) is 0 Å². The molecular formula is C30H41N3O2. The second kappa shape index (κ2) is 18.2. The van der Waals surface area contributed by atoms with E-state index in [1.54, 1.807) is 29.4 Å².